The Hall–Kier alpha value is -6.78. The van der Waals surface area contributed by atoms with Gasteiger partial charge in [-0.15, -0.1) is 0 Å². The Morgan fingerprint density at radius 3 is 1.25 bits per heavy atom. The van der Waals surface area contributed by atoms with Crippen LogP contribution in [0.3, 0.4) is 0 Å². The van der Waals surface area contributed by atoms with Crippen LogP contribution in [0.5, 0.6) is 0 Å². The zero-order chi connectivity index (χ0) is 33.9. The summed E-state index contributed by atoms with van der Waals surface area (Å²) in [7, 11) is 0. The number of aromatic nitrogens is 4. The van der Waals surface area contributed by atoms with E-state index in [2.05, 4.69) is 153 Å². The van der Waals surface area contributed by atoms with E-state index in [4.69, 9.17) is 0 Å². The molecule has 0 bridgehead atoms. The maximum Gasteiger partial charge on any atom is 0.0571 e. The molecule has 0 aliphatic heterocycles. The van der Waals surface area contributed by atoms with Crippen LogP contribution in [-0.4, -0.2) is 19.1 Å². The zero-order valence-corrected chi connectivity index (χ0v) is 28.2. The van der Waals surface area contributed by atoms with Crippen molar-refractivity contribution in [2.75, 3.05) is 0 Å². The van der Waals surface area contributed by atoms with E-state index in [1.165, 1.54) is 111 Å². The Morgan fingerprint density at radius 1 is 0.365 bits per heavy atom. The van der Waals surface area contributed by atoms with Crippen molar-refractivity contribution in [3.05, 3.63) is 181 Å². The van der Waals surface area contributed by atoms with Gasteiger partial charge in [-0.1, -0.05) is 72.8 Å². The van der Waals surface area contributed by atoms with E-state index < -0.39 is 0 Å². The van der Waals surface area contributed by atoms with Gasteiger partial charge < -0.3 is 9.13 Å². The maximum atomic E-state index is 4.45. The lowest BCUT2D eigenvalue weighted by Gasteiger charge is -2.12. The summed E-state index contributed by atoms with van der Waals surface area (Å²) in [4.78, 5) is 8.90. The van der Waals surface area contributed by atoms with Gasteiger partial charge in [-0.25, -0.2) is 0 Å². The lowest BCUT2D eigenvalue weighted by atomic mass is 9.95. The third-order valence-electron chi connectivity index (χ3n) is 11.5. The van der Waals surface area contributed by atoms with Crippen LogP contribution in [0.1, 0.15) is 22.3 Å². The number of nitrogens with zero attached hydrogens (tertiary/aromatic N) is 4. The standard InChI is InChI=1S/C48H30N4/c1-3-7-45-37(5-1)43-27-49-19-17-47(43)51(45)35-15-13-33-21-31-11-9-29(23-39(31)41(33)25-35)30-10-12-32-22-34-14-16-36(26-42(34)40(32)24-30)52-46-8-4-2-6-38(46)44-28-50-20-18-48(44)52/h1-20,23-28H,21-22H2. The van der Waals surface area contributed by atoms with Crippen molar-refractivity contribution in [1.82, 2.24) is 19.1 Å². The summed E-state index contributed by atoms with van der Waals surface area (Å²) in [6.07, 6.45) is 9.68. The molecule has 0 unspecified atom stereocenters. The van der Waals surface area contributed by atoms with Crippen LogP contribution in [-0.2, 0) is 12.8 Å². The van der Waals surface area contributed by atoms with Crippen LogP contribution in [0.25, 0.3) is 88.4 Å². The summed E-state index contributed by atoms with van der Waals surface area (Å²) in [6, 6.07) is 49.7. The molecule has 4 heteroatoms. The molecule has 12 rings (SSSR count). The molecule has 2 aliphatic carbocycles. The molecule has 0 fully saturated rings. The van der Waals surface area contributed by atoms with Crippen LogP contribution in [0.4, 0.5) is 0 Å². The topological polar surface area (TPSA) is 35.6 Å². The average Bonchev–Trinajstić information content (AvgIpc) is 3.94. The maximum absolute atomic E-state index is 4.45. The lowest BCUT2D eigenvalue weighted by molar-refractivity contribution is 1.17. The molecule has 0 saturated heterocycles. The first-order chi connectivity index (χ1) is 25.8. The molecular formula is C48H30N4. The fourth-order valence-corrected chi connectivity index (χ4v) is 9.14. The van der Waals surface area contributed by atoms with E-state index in [0.29, 0.717) is 0 Å². The predicted octanol–water partition coefficient (Wildman–Crippen LogP) is 11.5. The zero-order valence-electron chi connectivity index (χ0n) is 28.2. The molecule has 0 N–H and O–H groups in total. The van der Waals surface area contributed by atoms with E-state index >= 15 is 0 Å². The molecule has 4 heterocycles. The van der Waals surface area contributed by atoms with Gasteiger partial charge in [0.1, 0.15) is 0 Å². The number of hydrogen-bond donors (Lipinski definition) is 0. The molecule has 2 aliphatic rings. The normalized spacial score (nSPS) is 12.8. The van der Waals surface area contributed by atoms with Crippen LogP contribution >= 0.6 is 0 Å². The molecule has 10 aromatic rings. The van der Waals surface area contributed by atoms with Gasteiger partial charge in [-0.2, -0.15) is 0 Å². The highest BCUT2D eigenvalue weighted by Gasteiger charge is 2.24. The van der Waals surface area contributed by atoms with Crippen LogP contribution in [0.15, 0.2) is 158 Å². The van der Waals surface area contributed by atoms with Crippen LogP contribution < -0.4 is 0 Å². The minimum absolute atomic E-state index is 0.960. The number of rotatable bonds is 3. The second-order valence-corrected chi connectivity index (χ2v) is 14.3. The van der Waals surface area contributed by atoms with Crippen molar-refractivity contribution in [2.45, 2.75) is 12.8 Å². The monoisotopic (exact) mass is 662 g/mol. The number of para-hydroxylation sites is 2. The van der Waals surface area contributed by atoms with Crippen molar-refractivity contribution in [2.24, 2.45) is 0 Å². The molecule has 4 nitrogen and oxygen atoms in total. The van der Waals surface area contributed by atoms with Gasteiger partial charge in [0, 0.05) is 57.7 Å². The van der Waals surface area contributed by atoms with Crippen molar-refractivity contribution >= 4 is 43.6 Å². The van der Waals surface area contributed by atoms with Crippen molar-refractivity contribution in [3.8, 4) is 44.8 Å². The summed E-state index contributed by atoms with van der Waals surface area (Å²) >= 11 is 0. The highest BCUT2D eigenvalue weighted by Crippen LogP contribution is 2.44. The van der Waals surface area contributed by atoms with Gasteiger partial charge in [0.25, 0.3) is 0 Å². The number of pyridine rings is 2. The van der Waals surface area contributed by atoms with Crippen molar-refractivity contribution in [3.63, 3.8) is 0 Å². The largest absolute Gasteiger partial charge is 0.309 e. The van der Waals surface area contributed by atoms with Gasteiger partial charge in [0.05, 0.1) is 22.1 Å². The Kier molecular flexibility index (Phi) is 5.58. The molecule has 0 spiro atoms. The fraction of sp³-hybridized carbons (Fsp3) is 0.0417. The summed E-state index contributed by atoms with van der Waals surface area (Å²) in [5.74, 6) is 0. The van der Waals surface area contributed by atoms with Gasteiger partial charge in [0.2, 0.25) is 0 Å². The second-order valence-electron chi connectivity index (χ2n) is 14.3. The number of hydrogen-bond acceptors (Lipinski definition) is 2. The summed E-state index contributed by atoms with van der Waals surface area (Å²) < 4.78 is 4.77. The first kappa shape index (κ1) is 28.0. The van der Waals surface area contributed by atoms with Gasteiger partial charge in [0.15, 0.2) is 0 Å². The molecule has 0 atom stereocenters. The van der Waals surface area contributed by atoms with E-state index in [1.54, 1.807) is 0 Å². The average molecular weight is 663 g/mol. The van der Waals surface area contributed by atoms with E-state index in [1.807, 2.05) is 24.8 Å². The molecule has 52 heavy (non-hydrogen) atoms. The Labute approximate surface area is 299 Å². The van der Waals surface area contributed by atoms with E-state index in [9.17, 15) is 0 Å². The minimum atomic E-state index is 0.960. The van der Waals surface area contributed by atoms with Crippen LogP contribution in [0.2, 0.25) is 0 Å². The number of benzene rings is 6. The molecule has 0 saturated carbocycles. The van der Waals surface area contributed by atoms with Crippen molar-refractivity contribution in [1.29, 1.82) is 0 Å². The third kappa shape index (κ3) is 3.86. The Balaban J connectivity index is 0.960. The molecule has 242 valence electrons. The van der Waals surface area contributed by atoms with Crippen molar-refractivity contribution < 1.29 is 0 Å². The smallest absolute Gasteiger partial charge is 0.0571 e. The van der Waals surface area contributed by atoms with E-state index in [-0.39, 0.29) is 0 Å². The summed E-state index contributed by atoms with van der Waals surface area (Å²) in [5.41, 5.74) is 20.5. The SMILES string of the molecule is c1ccc2c(c1)c1cnccc1n2-c1ccc2c(c1)-c1cc(-c3ccc4c(c3)-c3cc(-n5c6ccccc6c6cnccc65)ccc3C4)ccc1C2. The first-order valence-electron chi connectivity index (χ1n) is 18.0. The van der Waals surface area contributed by atoms with Gasteiger partial charge in [-0.3, -0.25) is 9.97 Å². The summed E-state index contributed by atoms with van der Waals surface area (Å²) in [6.45, 7) is 0. The Bertz CT molecular complexity index is 2820. The third-order valence-corrected chi connectivity index (χ3v) is 11.5. The highest BCUT2D eigenvalue weighted by molar-refractivity contribution is 6.10. The lowest BCUT2D eigenvalue weighted by Crippen LogP contribution is -1.95. The Morgan fingerprint density at radius 2 is 0.769 bits per heavy atom. The van der Waals surface area contributed by atoms with E-state index in [0.717, 1.165) is 12.8 Å². The molecular weight excluding hydrogens is 633 g/mol. The number of fused-ring (bicyclic) bond motifs is 12. The highest BCUT2D eigenvalue weighted by atomic mass is 15.0. The fourth-order valence-electron chi connectivity index (χ4n) is 9.14. The molecule has 6 aromatic carbocycles. The van der Waals surface area contributed by atoms with Gasteiger partial charge in [-0.05, 0) is 129 Å². The first-order valence-corrected chi connectivity index (χ1v) is 18.0. The molecule has 4 aromatic heterocycles. The summed E-state index contributed by atoms with van der Waals surface area (Å²) in [5, 5.41) is 4.82. The molecule has 0 amide bonds. The van der Waals surface area contributed by atoms with Gasteiger partial charge >= 0.3 is 0 Å². The predicted molar refractivity (Wildman–Crippen MR) is 213 cm³/mol. The minimum Gasteiger partial charge on any atom is -0.309 e. The van der Waals surface area contributed by atoms with Crippen LogP contribution in [0, 0.1) is 0 Å². The second kappa shape index (κ2) is 10.4. The quantitative estimate of drug-likeness (QED) is 0.189. The molecule has 0 radical (unpaired) electrons.